The highest BCUT2D eigenvalue weighted by atomic mass is 19.4. The molecule has 9 nitrogen and oxygen atoms in total. The fourth-order valence-corrected chi connectivity index (χ4v) is 3.44. The van der Waals surface area contributed by atoms with Crippen molar-refractivity contribution in [2.24, 2.45) is 0 Å². The number of amides is 2. The SMILES string of the molecule is COC(=O)Nc1cccc(C(=O)NC(CN2CCCC2)c2ccc(OC)cc2)c1.O=C(O)C(F)(F)F. The summed E-state index contributed by atoms with van der Waals surface area (Å²) in [6.07, 6.45) is -3.29. The van der Waals surface area contributed by atoms with Gasteiger partial charge >= 0.3 is 18.2 Å². The van der Waals surface area contributed by atoms with E-state index >= 15 is 0 Å². The van der Waals surface area contributed by atoms with Gasteiger partial charge in [-0.2, -0.15) is 13.2 Å². The molecule has 0 bridgehead atoms. The summed E-state index contributed by atoms with van der Waals surface area (Å²) in [4.78, 5) is 35.6. The Morgan fingerprint density at radius 2 is 1.67 bits per heavy atom. The second-order valence-electron chi connectivity index (χ2n) is 7.81. The van der Waals surface area contributed by atoms with Gasteiger partial charge in [0.1, 0.15) is 5.75 Å². The lowest BCUT2D eigenvalue weighted by Crippen LogP contribution is -2.37. The van der Waals surface area contributed by atoms with Crippen LogP contribution in [0.1, 0.15) is 34.8 Å². The number of benzene rings is 2. The van der Waals surface area contributed by atoms with Crippen LogP contribution in [-0.4, -0.2) is 68.0 Å². The van der Waals surface area contributed by atoms with Gasteiger partial charge in [-0.15, -0.1) is 0 Å². The fraction of sp³-hybridized carbons (Fsp3) is 0.375. The maximum Gasteiger partial charge on any atom is 0.490 e. The summed E-state index contributed by atoms with van der Waals surface area (Å²) < 4.78 is 41.6. The number of methoxy groups -OCH3 is 2. The third-order valence-electron chi connectivity index (χ3n) is 5.26. The summed E-state index contributed by atoms with van der Waals surface area (Å²) >= 11 is 0. The molecule has 3 rings (SSSR count). The third kappa shape index (κ3) is 9.10. The smallest absolute Gasteiger partial charge is 0.490 e. The lowest BCUT2D eigenvalue weighted by Gasteiger charge is -2.25. The number of carbonyl (C=O) groups excluding carboxylic acids is 2. The van der Waals surface area contributed by atoms with Gasteiger partial charge in [-0.25, -0.2) is 9.59 Å². The molecule has 3 N–H and O–H groups in total. The van der Waals surface area contributed by atoms with E-state index in [-0.39, 0.29) is 11.9 Å². The number of hydrogen-bond donors (Lipinski definition) is 3. The minimum Gasteiger partial charge on any atom is -0.497 e. The molecule has 2 aromatic rings. The third-order valence-corrected chi connectivity index (χ3v) is 5.26. The van der Waals surface area contributed by atoms with Crippen LogP contribution in [0.15, 0.2) is 48.5 Å². The Morgan fingerprint density at radius 1 is 1.06 bits per heavy atom. The second-order valence-corrected chi connectivity index (χ2v) is 7.81. The number of nitrogens with one attached hydrogen (secondary N) is 2. The van der Waals surface area contributed by atoms with Crippen molar-refractivity contribution in [2.45, 2.75) is 25.1 Å². The lowest BCUT2D eigenvalue weighted by molar-refractivity contribution is -0.192. The maximum absolute atomic E-state index is 12.9. The molecule has 1 aliphatic heterocycles. The number of carbonyl (C=O) groups is 3. The first-order valence-corrected chi connectivity index (χ1v) is 11.0. The van der Waals surface area contributed by atoms with Crippen LogP contribution in [0.5, 0.6) is 5.75 Å². The number of nitrogens with zero attached hydrogens (tertiary/aromatic N) is 1. The highest BCUT2D eigenvalue weighted by molar-refractivity contribution is 5.96. The van der Waals surface area contributed by atoms with Crippen LogP contribution >= 0.6 is 0 Å². The van der Waals surface area contributed by atoms with Crippen LogP contribution in [0, 0.1) is 0 Å². The molecule has 0 spiro atoms. The highest BCUT2D eigenvalue weighted by Gasteiger charge is 2.38. The molecule has 1 atom stereocenters. The minimum absolute atomic E-state index is 0.149. The zero-order valence-electron chi connectivity index (χ0n) is 19.8. The van der Waals surface area contributed by atoms with Crippen molar-refractivity contribution < 1.29 is 42.1 Å². The van der Waals surface area contributed by atoms with Crippen LogP contribution in [0.25, 0.3) is 0 Å². The van der Waals surface area contributed by atoms with Gasteiger partial charge in [-0.05, 0) is 61.8 Å². The Kier molecular flexibility index (Phi) is 10.5. The molecule has 1 fully saturated rings. The van der Waals surface area contributed by atoms with Crippen molar-refractivity contribution in [3.05, 3.63) is 59.7 Å². The van der Waals surface area contributed by atoms with E-state index in [0.717, 1.165) is 30.9 Å². The number of alkyl halides is 3. The monoisotopic (exact) mass is 511 g/mol. The van der Waals surface area contributed by atoms with Crippen molar-refractivity contribution in [1.82, 2.24) is 10.2 Å². The van der Waals surface area contributed by atoms with Crippen LogP contribution in [0.2, 0.25) is 0 Å². The fourth-order valence-electron chi connectivity index (χ4n) is 3.44. The van der Waals surface area contributed by atoms with Crippen LogP contribution in [-0.2, 0) is 9.53 Å². The maximum atomic E-state index is 12.9. The molecule has 0 saturated carbocycles. The van der Waals surface area contributed by atoms with Gasteiger partial charge < -0.3 is 24.8 Å². The molecule has 2 amide bonds. The minimum atomic E-state index is -5.08. The topological polar surface area (TPSA) is 117 Å². The summed E-state index contributed by atoms with van der Waals surface area (Å²) in [5, 5.41) is 12.8. The van der Waals surface area contributed by atoms with E-state index in [1.165, 1.54) is 20.0 Å². The average Bonchev–Trinajstić information content (AvgIpc) is 3.36. The van der Waals surface area contributed by atoms with Gasteiger partial charge in [-0.1, -0.05) is 18.2 Å². The summed E-state index contributed by atoms with van der Waals surface area (Å²) in [5.74, 6) is -2.17. The van der Waals surface area contributed by atoms with Crippen molar-refractivity contribution in [3.63, 3.8) is 0 Å². The Bertz CT molecular complexity index is 1020. The number of anilines is 1. The second kappa shape index (κ2) is 13.3. The molecule has 1 heterocycles. The van der Waals surface area contributed by atoms with Gasteiger partial charge in [-0.3, -0.25) is 10.1 Å². The first-order chi connectivity index (χ1) is 17.0. The van der Waals surface area contributed by atoms with E-state index in [9.17, 15) is 22.8 Å². The van der Waals surface area contributed by atoms with Gasteiger partial charge in [0.2, 0.25) is 0 Å². The normalized spacial score (nSPS) is 14.1. The number of carboxylic acids is 1. The van der Waals surface area contributed by atoms with Crippen LogP contribution in [0.3, 0.4) is 0 Å². The first kappa shape index (κ1) is 28.4. The number of halogens is 3. The Balaban J connectivity index is 0.000000572. The zero-order valence-corrected chi connectivity index (χ0v) is 19.8. The van der Waals surface area contributed by atoms with Crippen molar-refractivity contribution in [1.29, 1.82) is 0 Å². The van der Waals surface area contributed by atoms with Crippen molar-refractivity contribution >= 4 is 23.7 Å². The molecular weight excluding hydrogens is 483 g/mol. The van der Waals surface area contributed by atoms with E-state index in [4.69, 9.17) is 14.6 Å². The quantitative estimate of drug-likeness (QED) is 0.513. The number of rotatable bonds is 7. The molecule has 0 aliphatic carbocycles. The molecule has 1 aliphatic rings. The lowest BCUT2D eigenvalue weighted by atomic mass is 10.0. The summed E-state index contributed by atoms with van der Waals surface area (Å²) in [5.41, 5.74) is 2.00. The molecule has 196 valence electrons. The van der Waals surface area contributed by atoms with Gasteiger partial charge in [0.15, 0.2) is 0 Å². The Labute approximate surface area is 206 Å². The molecule has 12 heteroatoms. The molecular formula is C24H28F3N3O6. The predicted molar refractivity (Wildman–Crippen MR) is 125 cm³/mol. The van der Waals surface area contributed by atoms with E-state index < -0.39 is 18.2 Å². The van der Waals surface area contributed by atoms with E-state index in [2.05, 4.69) is 20.3 Å². The number of hydrogen-bond acceptors (Lipinski definition) is 6. The summed E-state index contributed by atoms with van der Waals surface area (Å²) in [7, 11) is 2.93. The zero-order chi connectivity index (χ0) is 26.7. The number of aliphatic carboxylic acids is 1. The highest BCUT2D eigenvalue weighted by Crippen LogP contribution is 2.22. The predicted octanol–water partition coefficient (Wildman–Crippen LogP) is 4.07. The summed E-state index contributed by atoms with van der Waals surface area (Å²) in [6.45, 7) is 2.83. The largest absolute Gasteiger partial charge is 0.497 e. The van der Waals surface area contributed by atoms with E-state index in [1.807, 2.05) is 24.3 Å². The summed E-state index contributed by atoms with van der Waals surface area (Å²) in [6, 6.07) is 14.4. The van der Waals surface area contributed by atoms with E-state index in [0.29, 0.717) is 11.3 Å². The van der Waals surface area contributed by atoms with Gasteiger partial charge in [0.05, 0.1) is 20.3 Å². The van der Waals surface area contributed by atoms with Crippen LogP contribution < -0.4 is 15.4 Å². The molecule has 2 aromatic carbocycles. The molecule has 0 radical (unpaired) electrons. The van der Waals surface area contributed by atoms with Gasteiger partial charge in [0.25, 0.3) is 5.91 Å². The average molecular weight is 511 g/mol. The number of ether oxygens (including phenoxy) is 2. The van der Waals surface area contributed by atoms with Crippen molar-refractivity contribution in [3.8, 4) is 5.75 Å². The molecule has 36 heavy (non-hydrogen) atoms. The number of carboxylic acid groups (broad SMARTS) is 1. The first-order valence-electron chi connectivity index (χ1n) is 11.0. The van der Waals surface area contributed by atoms with Crippen LogP contribution in [0.4, 0.5) is 23.7 Å². The number of likely N-dealkylation sites (tertiary alicyclic amines) is 1. The van der Waals surface area contributed by atoms with E-state index in [1.54, 1.807) is 31.4 Å². The Morgan fingerprint density at radius 3 is 2.19 bits per heavy atom. The molecule has 1 unspecified atom stereocenters. The molecule has 0 aromatic heterocycles. The molecule has 1 saturated heterocycles. The van der Waals surface area contributed by atoms with Gasteiger partial charge in [0, 0.05) is 17.8 Å². The Hall–Kier alpha value is -3.80. The van der Waals surface area contributed by atoms with Crippen molar-refractivity contribution in [2.75, 3.05) is 39.2 Å². The standard InChI is InChI=1S/C22H27N3O4.C2HF3O2/c1-28-19-10-8-16(9-11-19)20(15-25-12-3-4-13-25)24-21(26)17-6-5-7-18(14-17)23-22(27)29-2;3-2(4,5)1(6)7/h5-11,14,20H,3-4,12-13,15H2,1-2H3,(H,23,27)(H,24,26);(H,6,7).